The van der Waals surface area contributed by atoms with Crippen molar-refractivity contribution in [2.45, 2.75) is 9.79 Å². The van der Waals surface area contributed by atoms with Crippen molar-refractivity contribution >= 4 is 28.6 Å². The van der Waals surface area contributed by atoms with Gasteiger partial charge in [0.05, 0.1) is 25.3 Å². The van der Waals surface area contributed by atoms with E-state index in [0.717, 1.165) is 16.3 Å². The highest BCUT2D eigenvalue weighted by Gasteiger charge is 2.15. The second-order valence-electron chi connectivity index (χ2n) is 5.08. The maximum atomic E-state index is 13.4. The summed E-state index contributed by atoms with van der Waals surface area (Å²) in [4.78, 5) is 16.9. The van der Waals surface area contributed by atoms with Crippen molar-refractivity contribution in [1.29, 1.82) is 0 Å². The van der Waals surface area contributed by atoms with Gasteiger partial charge in [0.1, 0.15) is 5.82 Å². The van der Waals surface area contributed by atoms with Gasteiger partial charge in [-0.2, -0.15) is 0 Å². The lowest BCUT2D eigenvalue weighted by Crippen LogP contribution is -1.99. The van der Waals surface area contributed by atoms with Crippen LogP contribution in [-0.2, 0) is 0 Å². The van der Waals surface area contributed by atoms with Gasteiger partial charge in [-0.3, -0.25) is 4.98 Å². The van der Waals surface area contributed by atoms with E-state index in [-0.39, 0.29) is 5.56 Å². The molecule has 3 rings (SSSR count). The molecule has 0 aliphatic rings. The Bertz CT molecular complexity index is 961. The van der Waals surface area contributed by atoms with Gasteiger partial charge >= 0.3 is 5.97 Å². The van der Waals surface area contributed by atoms with E-state index in [1.54, 1.807) is 31.5 Å². The molecule has 0 bridgehead atoms. The molecule has 0 radical (unpaired) electrons. The number of hydrogen-bond donors (Lipinski definition) is 1. The molecule has 5 nitrogen and oxygen atoms in total. The number of aromatic carboxylic acids is 1. The maximum Gasteiger partial charge on any atom is 0.336 e. The highest BCUT2D eigenvalue weighted by molar-refractivity contribution is 7.99. The van der Waals surface area contributed by atoms with Crippen molar-refractivity contribution in [1.82, 2.24) is 4.98 Å². The van der Waals surface area contributed by atoms with Gasteiger partial charge in [0.25, 0.3) is 0 Å². The molecule has 25 heavy (non-hydrogen) atoms. The van der Waals surface area contributed by atoms with Gasteiger partial charge in [-0.05, 0) is 30.3 Å². The molecule has 0 amide bonds. The van der Waals surface area contributed by atoms with Gasteiger partial charge in [-0.15, -0.1) is 0 Å². The molecule has 7 heteroatoms. The Hall–Kier alpha value is -2.80. The van der Waals surface area contributed by atoms with Crippen LogP contribution in [0.3, 0.4) is 0 Å². The maximum absolute atomic E-state index is 13.4. The minimum atomic E-state index is -1.18. The summed E-state index contributed by atoms with van der Waals surface area (Å²) in [6.07, 6.45) is 1.63. The third-order valence-electron chi connectivity index (χ3n) is 3.60. The standard InChI is InChI=1S/C18H14FNO4S/c1-23-14-8-11-13(9-15(14)24-2)20-6-5-17(11)25-16-4-3-10(19)7-12(16)18(21)22/h3-9H,1-2H3,(H,21,22). The third-order valence-corrected chi connectivity index (χ3v) is 4.75. The highest BCUT2D eigenvalue weighted by Crippen LogP contribution is 2.39. The molecular formula is C18H14FNO4S. The zero-order chi connectivity index (χ0) is 18.0. The molecular weight excluding hydrogens is 345 g/mol. The molecule has 1 heterocycles. The average Bonchev–Trinajstić information content (AvgIpc) is 2.62. The van der Waals surface area contributed by atoms with Crippen molar-refractivity contribution in [2.75, 3.05) is 14.2 Å². The van der Waals surface area contributed by atoms with Gasteiger partial charge in [-0.1, -0.05) is 11.8 Å². The van der Waals surface area contributed by atoms with E-state index in [1.165, 1.54) is 31.0 Å². The molecule has 0 aliphatic heterocycles. The van der Waals surface area contributed by atoms with Gasteiger partial charge in [0.15, 0.2) is 11.5 Å². The van der Waals surface area contributed by atoms with Crippen molar-refractivity contribution in [3.8, 4) is 11.5 Å². The molecule has 0 spiro atoms. The van der Waals surface area contributed by atoms with Crippen molar-refractivity contribution in [3.63, 3.8) is 0 Å². The largest absolute Gasteiger partial charge is 0.493 e. The lowest BCUT2D eigenvalue weighted by molar-refractivity contribution is 0.0692. The number of ether oxygens (including phenoxy) is 2. The van der Waals surface area contributed by atoms with Gasteiger partial charge in [0, 0.05) is 27.4 Å². The Balaban J connectivity index is 2.12. The number of methoxy groups -OCH3 is 2. The number of nitrogens with zero attached hydrogens (tertiary/aromatic N) is 1. The quantitative estimate of drug-likeness (QED) is 0.735. The van der Waals surface area contributed by atoms with Crippen molar-refractivity contribution in [2.24, 2.45) is 0 Å². The number of fused-ring (bicyclic) bond motifs is 1. The molecule has 1 aromatic heterocycles. The van der Waals surface area contributed by atoms with E-state index < -0.39 is 11.8 Å². The van der Waals surface area contributed by atoms with Crippen LogP contribution in [0.15, 0.2) is 52.4 Å². The molecule has 0 unspecified atom stereocenters. The predicted octanol–water partition coefficient (Wildman–Crippen LogP) is 4.24. The lowest BCUT2D eigenvalue weighted by atomic mass is 10.2. The normalized spacial score (nSPS) is 10.7. The number of carboxylic acid groups (broad SMARTS) is 1. The van der Waals surface area contributed by atoms with Crippen LogP contribution in [0.1, 0.15) is 10.4 Å². The fourth-order valence-corrected chi connectivity index (χ4v) is 3.44. The van der Waals surface area contributed by atoms with E-state index in [2.05, 4.69) is 4.98 Å². The first-order valence-corrected chi connectivity index (χ1v) is 8.06. The minimum absolute atomic E-state index is 0.0876. The molecule has 0 fully saturated rings. The number of carboxylic acids is 1. The van der Waals surface area contributed by atoms with Crippen LogP contribution in [0.2, 0.25) is 0 Å². The summed E-state index contributed by atoms with van der Waals surface area (Å²) < 4.78 is 24.0. The monoisotopic (exact) mass is 359 g/mol. The van der Waals surface area contributed by atoms with Crippen LogP contribution >= 0.6 is 11.8 Å². The second kappa shape index (κ2) is 6.98. The average molecular weight is 359 g/mol. The van der Waals surface area contributed by atoms with Crippen LogP contribution < -0.4 is 9.47 Å². The van der Waals surface area contributed by atoms with E-state index >= 15 is 0 Å². The summed E-state index contributed by atoms with van der Waals surface area (Å²) >= 11 is 1.23. The molecule has 0 saturated heterocycles. The third kappa shape index (κ3) is 3.36. The topological polar surface area (TPSA) is 68.7 Å². The molecule has 0 atom stereocenters. The number of pyridine rings is 1. The van der Waals surface area contributed by atoms with Crippen LogP contribution in [0.4, 0.5) is 4.39 Å². The number of aromatic nitrogens is 1. The van der Waals surface area contributed by atoms with Crippen LogP contribution in [0.25, 0.3) is 10.9 Å². The van der Waals surface area contributed by atoms with E-state index in [4.69, 9.17) is 9.47 Å². The summed E-state index contributed by atoms with van der Waals surface area (Å²) in [6.45, 7) is 0. The van der Waals surface area contributed by atoms with Gasteiger partial charge in [0.2, 0.25) is 0 Å². The number of benzene rings is 2. The smallest absolute Gasteiger partial charge is 0.336 e. The summed E-state index contributed by atoms with van der Waals surface area (Å²) in [7, 11) is 3.08. The molecule has 1 N–H and O–H groups in total. The Kier molecular flexibility index (Phi) is 4.76. The summed E-state index contributed by atoms with van der Waals surface area (Å²) in [5.41, 5.74) is 0.595. The van der Waals surface area contributed by atoms with Gasteiger partial charge in [-0.25, -0.2) is 9.18 Å². The first-order valence-electron chi connectivity index (χ1n) is 7.25. The number of halogens is 1. The fourth-order valence-electron chi connectivity index (χ4n) is 2.41. The Morgan fingerprint density at radius 3 is 2.48 bits per heavy atom. The summed E-state index contributed by atoms with van der Waals surface area (Å²) in [5, 5.41) is 10.1. The number of carbonyl (C=O) groups is 1. The Labute approximate surface area is 147 Å². The zero-order valence-corrected chi connectivity index (χ0v) is 14.3. The SMILES string of the molecule is COc1cc2nccc(Sc3ccc(F)cc3C(=O)O)c2cc1OC. The molecule has 0 aliphatic carbocycles. The predicted molar refractivity (Wildman–Crippen MR) is 92.3 cm³/mol. The first kappa shape index (κ1) is 17.0. The summed E-state index contributed by atoms with van der Waals surface area (Å²) in [5.74, 6) is -0.674. The Morgan fingerprint density at radius 2 is 1.80 bits per heavy atom. The van der Waals surface area contributed by atoms with E-state index in [9.17, 15) is 14.3 Å². The van der Waals surface area contributed by atoms with E-state index in [0.29, 0.717) is 21.9 Å². The number of hydrogen-bond acceptors (Lipinski definition) is 5. The highest BCUT2D eigenvalue weighted by atomic mass is 32.2. The van der Waals surface area contributed by atoms with E-state index in [1.807, 2.05) is 0 Å². The second-order valence-corrected chi connectivity index (χ2v) is 6.16. The van der Waals surface area contributed by atoms with Crippen LogP contribution in [0, 0.1) is 5.82 Å². The van der Waals surface area contributed by atoms with Crippen molar-refractivity contribution < 1.29 is 23.8 Å². The molecule has 0 saturated carbocycles. The summed E-state index contributed by atoms with van der Waals surface area (Å²) in [6, 6.07) is 9.01. The molecule has 128 valence electrons. The fraction of sp³-hybridized carbons (Fsp3) is 0.111. The van der Waals surface area contributed by atoms with Crippen LogP contribution in [0.5, 0.6) is 11.5 Å². The van der Waals surface area contributed by atoms with Crippen molar-refractivity contribution in [3.05, 3.63) is 54.0 Å². The Morgan fingerprint density at radius 1 is 1.08 bits per heavy atom. The first-order chi connectivity index (χ1) is 12.0. The van der Waals surface area contributed by atoms with Gasteiger partial charge < -0.3 is 14.6 Å². The van der Waals surface area contributed by atoms with Crippen LogP contribution in [-0.4, -0.2) is 30.3 Å². The number of rotatable bonds is 5. The minimum Gasteiger partial charge on any atom is -0.493 e. The molecule has 3 aromatic rings. The molecule has 2 aromatic carbocycles. The zero-order valence-electron chi connectivity index (χ0n) is 13.4. The lowest BCUT2D eigenvalue weighted by Gasteiger charge is -2.12.